The van der Waals surface area contributed by atoms with Gasteiger partial charge in [-0.3, -0.25) is 0 Å². The van der Waals surface area contributed by atoms with Crippen molar-refractivity contribution in [2.75, 3.05) is 0 Å². The van der Waals surface area contributed by atoms with Crippen molar-refractivity contribution in [2.24, 2.45) is 11.1 Å². The molecule has 1 aliphatic rings. The number of hydrogen-bond acceptors (Lipinski definition) is 2. The summed E-state index contributed by atoms with van der Waals surface area (Å²) in [5, 5.41) is 2.14. The average molecular weight is 300 g/mol. The first-order valence-corrected chi connectivity index (χ1v) is 7.30. The molecular formula is C13H18BrNS. The second-order valence-corrected chi connectivity index (χ2v) is 7.35. The van der Waals surface area contributed by atoms with Crippen LogP contribution in [-0.4, -0.2) is 6.04 Å². The Morgan fingerprint density at radius 2 is 2.31 bits per heavy atom. The maximum absolute atomic E-state index is 6.08. The van der Waals surface area contributed by atoms with Crippen LogP contribution in [0.4, 0.5) is 0 Å². The summed E-state index contributed by atoms with van der Waals surface area (Å²) in [6.45, 7) is 4.62. The van der Waals surface area contributed by atoms with Crippen molar-refractivity contribution in [2.45, 2.75) is 39.2 Å². The Kier molecular flexibility index (Phi) is 3.57. The number of thiophene rings is 1. The lowest BCUT2D eigenvalue weighted by Crippen LogP contribution is -2.31. The standard InChI is InChI=1S/C13H18BrNS/c1-13(2)6-9(3-11(15)7-13)4-12-5-10(14)8-16-12/h3,5,8,11H,4,6-7,15H2,1-2H3. The van der Waals surface area contributed by atoms with Crippen LogP contribution in [0.3, 0.4) is 0 Å². The van der Waals surface area contributed by atoms with Gasteiger partial charge in [0, 0.05) is 27.2 Å². The molecule has 0 amide bonds. The van der Waals surface area contributed by atoms with Gasteiger partial charge in [0.1, 0.15) is 0 Å². The zero-order valence-electron chi connectivity index (χ0n) is 9.79. The van der Waals surface area contributed by atoms with E-state index in [1.165, 1.54) is 21.3 Å². The molecular weight excluding hydrogens is 282 g/mol. The minimum Gasteiger partial charge on any atom is -0.324 e. The molecule has 2 N–H and O–H groups in total. The van der Waals surface area contributed by atoms with Gasteiger partial charge in [0.2, 0.25) is 0 Å². The van der Waals surface area contributed by atoms with Crippen LogP contribution in [0.25, 0.3) is 0 Å². The summed E-state index contributed by atoms with van der Waals surface area (Å²) < 4.78 is 1.19. The predicted molar refractivity (Wildman–Crippen MR) is 74.8 cm³/mol. The van der Waals surface area contributed by atoms with Gasteiger partial charge >= 0.3 is 0 Å². The fourth-order valence-electron chi connectivity index (χ4n) is 2.54. The Bertz CT molecular complexity index is 406. The Labute approximate surface area is 110 Å². The quantitative estimate of drug-likeness (QED) is 0.817. The van der Waals surface area contributed by atoms with Gasteiger partial charge in [-0.1, -0.05) is 25.5 Å². The van der Waals surface area contributed by atoms with Crippen molar-refractivity contribution in [3.63, 3.8) is 0 Å². The third kappa shape index (κ3) is 3.19. The van der Waals surface area contributed by atoms with Gasteiger partial charge < -0.3 is 5.73 Å². The molecule has 0 saturated carbocycles. The summed E-state index contributed by atoms with van der Waals surface area (Å²) in [6, 6.07) is 2.45. The van der Waals surface area contributed by atoms with Gasteiger partial charge in [-0.15, -0.1) is 11.3 Å². The lowest BCUT2D eigenvalue weighted by molar-refractivity contribution is 0.299. The molecule has 0 bridgehead atoms. The fourth-order valence-corrected chi connectivity index (χ4v) is 4.04. The molecule has 0 aliphatic heterocycles. The average Bonchev–Trinajstić information content (AvgIpc) is 2.46. The Balaban J connectivity index is 2.10. The van der Waals surface area contributed by atoms with Crippen molar-refractivity contribution in [3.8, 4) is 0 Å². The molecule has 88 valence electrons. The lowest BCUT2D eigenvalue weighted by Gasteiger charge is -2.33. The SMILES string of the molecule is CC1(C)CC(Cc2cc(Br)cs2)=CC(N)C1. The van der Waals surface area contributed by atoms with Crippen molar-refractivity contribution in [1.82, 2.24) is 0 Å². The van der Waals surface area contributed by atoms with Crippen molar-refractivity contribution in [1.29, 1.82) is 0 Å². The van der Waals surface area contributed by atoms with Crippen LogP contribution in [0.1, 0.15) is 31.6 Å². The van der Waals surface area contributed by atoms with Gasteiger partial charge in [0.25, 0.3) is 0 Å². The third-order valence-corrected chi connectivity index (χ3v) is 4.66. The monoisotopic (exact) mass is 299 g/mol. The molecule has 1 aliphatic carbocycles. The summed E-state index contributed by atoms with van der Waals surface area (Å²) in [4.78, 5) is 1.42. The first-order chi connectivity index (χ1) is 7.44. The van der Waals surface area contributed by atoms with Gasteiger partial charge in [-0.2, -0.15) is 0 Å². The molecule has 0 fully saturated rings. The van der Waals surface area contributed by atoms with E-state index in [-0.39, 0.29) is 6.04 Å². The highest BCUT2D eigenvalue weighted by Gasteiger charge is 2.26. The molecule has 1 heterocycles. The molecule has 0 spiro atoms. The summed E-state index contributed by atoms with van der Waals surface area (Å²) in [5.74, 6) is 0. The smallest absolute Gasteiger partial charge is 0.0285 e. The lowest BCUT2D eigenvalue weighted by atomic mass is 9.75. The Morgan fingerprint density at radius 1 is 1.56 bits per heavy atom. The fraction of sp³-hybridized carbons (Fsp3) is 0.538. The van der Waals surface area contributed by atoms with Crippen LogP contribution in [-0.2, 0) is 6.42 Å². The second-order valence-electron chi connectivity index (χ2n) is 5.44. The molecule has 1 aromatic heterocycles. The first kappa shape index (κ1) is 12.3. The van der Waals surface area contributed by atoms with Gasteiger partial charge in [-0.25, -0.2) is 0 Å². The van der Waals surface area contributed by atoms with E-state index in [1.807, 2.05) is 11.3 Å². The molecule has 1 nitrogen and oxygen atoms in total. The Morgan fingerprint density at radius 3 is 2.88 bits per heavy atom. The highest BCUT2D eigenvalue weighted by atomic mass is 79.9. The van der Waals surface area contributed by atoms with E-state index in [0.29, 0.717) is 5.41 Å². The van der Waals surface area contributed by atoms with E-state index in [4.69, 9.17) is 5.73 Å². The van der Waals surface area contributed by atoms with Crippen LogP contribution >= 0.6 is 27.3 Å². The van der Waals surface area contributed by atoms with Crippen LogP contribution in [0.5, 0.6) is 0 Å². The molecule has 2 rings (SSSR count). The highest BCUT2D eigenvalue weighted by molar-refractivity contribution is 9.10. The van der Waals surface area contributed by atoms with Gasteiger partial charge in [0.05, 0.1) is 0 Å². The number of halogens is 1. The van der Waals surface area contributed by atoms with Gasteiger partial charge in [-0.05, 0) is 40.3 Å². The maximum Gasteiger partial charge on any atom is 0.0285 e. The van der Waals surface area contributed by atoms with Crippen molar-refractivity contribution >= 4 is 27.3 Å². The molecule has 1 unspecified atom stereocenters. The molecule has 3 heteroatoms. The van der Waals surface area contributed by atoms with E-state index in [2.05, 4.69) is 47.3 Å². The second kappa shape index (κ2) is 4.63. The summed E-state index contributed by atoms with van der Waals surface area (Å²) in [6.07, 6.45) is 5.60. The summed E-state index contributed by atoms with van der Waals surface area (Å²) in [7, 11) is 0. The minimum absolute atomic E-state index is 0.238. The van der Waals surface area contributed by atoms with Gasteiger partial charge in [0.15, 0.2) is 0 Å². The van der Waals surface area contributed by atoms with E-state index >= 15 is 0 Å². The van der Waals surface area contributed by atoms with Crippen molar-refractivity contribution in [3.05, 3.63) is 32.4 Å². The number of rotatable bonds is 2. The molecule has 0 aromatic carbocycles. The number of hydrogen-bond donors (Lipinski definition) is 1. The molecule has 1 atom stereocenters. The van der Waals surface area contributed by atoms with E-state index < -0.39 is 0 Å². The predicted octanol–water partition coefficient (Wildman–Crippen LogP) is 4.13. The number of nitrogens with two attached hydrogens (primary N) is 1. The minimum atomic E-state index is 0.238. The van der Waals surface area contributed by atoms with E-state index in [0.717, 1.165) is 12.8 Å². The summed E-state index contributed by atoms with van der Waals surface area (Å²) >= 11 is 5.31. The molecule has 1 aromatic rings. The normalized spacial score (nSPS) is 24.2. The third-order valence-electron chi connectivity index (χ3n) is 2.97. The van der Waals surface area contributed by atoms with Crippen LogP contribution in [0.2, 0.25) is 0 Å². The first-order valence-electron chi connectivity index (χ1n) is 5.63. The summed E-state index contributed by atoms with van der Waals surface area (Å²) in [5.41, 5.74) is 7.93. The molecule has 16 heavy (non-hydrogen) atoms. The molecule has 0 saturated heterocycles. The largest absolute Gasteiger partial charge is 0.324 e. The van der Waals surface area contributed by atoms with Crippen LogP contribution in [0, 0.1) is 5.41 Å². The molecule has 0 radical (unpaired) electrons. The zero-order chi connectivity index (χ0) is 11.8. The van der Waals surface area contributed by atoms with Crippen LogP contribution < -0.4 is 5.73 Å². The Hall–Kier alpha value is -0.120. The van der Waals surface area contributed by atoms with E-state index in [1.54, 1.807) is 0 Å². The zero-order valence-corrected chi connectivity index (χ0v) is 12.2. The van der Waals surface area contributed by atoms with Crippen molar-refractivity contribution < 1.29 is 0 Å². The highest BCUT2D eigenvalue weighted by Crippen LogP contribution is 2.36. The topological polar surface area (TPSA) is 26.0 Å². The number of allylic oxidation sites excluding steroid dienone is 1. The maximum atomic E-state index is 6.08. The van der Waals surface area contributed by atoms with Crippen LogP contribution in [0.15, 0.2) is 27.6 Å². The van der Waals surface area contributed by atoms with E-state index in [9.17, 15) is 0 Å².